The second kappa shape index (κ2) is 6.46. The zero-order valence-corrected chi connectivity index (χ0v) is 12.9. The van der Waals surface area contributed by atoms with E-state index in [2.05, 4.69) is 18.9 Å². The van der Waals surface area contributed by atoms with Crippen LogP contribution in [0, 0.1) is 0 Å². The molecule has 1 aromatic carbocycles. The molecule has 1 amide bonds. The molecule has 4 nitrogen and oxygen atoms in total. The second-order valence-electron chi connectivity index (χ2n) is 5.39. The van der Waals surface area contributed by atoms with Crippen LogP contribution < -0.4 is 5.73 Å². The number of likely N-dealkylation sites (N-methyl/N-ethyl adjacent to an activating group) is 1. The van der Waals surface area contributed by atoms with Crippen molar-refractivity contribution in [3.8, 4) is 0 Å². The number of halogens is 1. The minimum atomic E-state index is -0.00977. The summed E-state index contributed by atoms with van der Waals surface area (Å²) < 4.78 is 0. The number of carbonyl (C=O) groups excluding carboxylic acids is 1. The Balaban J connectivity index is 2.28. The summed E-state index contributed by atoms with van der Waals surface area (Å²) in [5.74, 6) is -0.00977. The van der Waals surface area contributed by atoms with E-state index >= 15 is 0 Å². The van der Waals surface area contributed by atoms with Crippen molar-refractivity contribution in [2.45, 2.75) is 25.8 Å². The summed E-state index contributed by atoms with van der Waals surface area (Å²) in [6.07, 6.45) is 1.93. The van der Waals surface area contributed by atoms with Gasteiger partial charge in [0.25, 0.3) is 5.91 Å². The van der Waals surface area contributed by atoms with Crippen molar-refractivity contribution in [2.24, 2.45) is 0 Å². The third-order valence-electron chi connectivity index (χ3n) is 3.89. The zero-order chi connectivity index (χ0) is 14.7. The SMILES string of the molecule is CCC1CN(C)CCCN1C(=O)c1cccc(N)c1Cl. The summed E-state index contributed by atoms with van der Waals surface area (Å²) in [6, 6.07) is 5.47. The molecule has 1 aromatic rings. The molecule has 0 aromatic heterocycles. The lowest BCUT2D eigenvalue weighted by molar-refractivity contribution is 0.0676. The minimum Gasteiger partial charge on any atom is -0.398 e. The molecular formula is C15H22ClN3O. The lowest BCUT2D eigenvalue weighted by Crippen LogP contribution is -2.43. The summed E-state index contributed by atoms with van der Waals surface area (Å²) in [5, 5.41) is 0.366. The number of nitrogen functional groups attached to an aromatic ring is 1. The molecule has 1 aliphatic heterocycles. The molecule has 1 aliphatic rings. The highest BCUT2D eigenvalue weighted by atomic mass is 35.5. The minimum absolute atomic E-state index is 0.00977. The van der Waals surface area contributed by atoms with Crippen molar-refractivity contribution in [1.29, 1.82) is 0 Å². The molecule has 20 heavy (non-hydrogen) atoms. The Morgan fingerprint density at radius 2 is 2.20 bits per heavy atom. The van der Waals surface area contributed by atoms with Crippen LogP contribution in [0.2, 0.25) is 5.02 Å². The monoisotopic (exact) mass is 295 g/mol. The first-order chi connectivity index (χ1) is 9.54. The fourth-order valence-electron chi connectivity index (χ4n) is 2.73. The zero-order valence-electron chi connectivity index (χ0n) is 12.1. The van der Waals surface area contributed by atoms with Gasteiger partial charge in [-0.05, 0) is 38.6 Å². The van der Waals surface area contributed by atoms with Crippen LogP contribution in [0.4, 0.5) is 5.69 Å². The highest BCUT2D eigenvalue weighted by Gasteiger charge is 2.28. The van der Waals surface area contributed by atoms with Crippen LogP contribution in [-0.2, 0) is 0 Å². The summed E-state index contributed by atoms with van der Waals surface area (Å²) in [4.78, 5) is 17.0. The molecule has 5 heteroatoms. The van der Waals surface area contributed by atoms with Crippen LogP contribution >= 0.6 is 11.6 Å². The summed E-state index contributed by atoms with van der Waals surface area (Å²) in [6.45, 7) is 4.81. The van der Waals surface area contributed by atoms with E-state index in [4.69, 9.17) is 17.3 Å². The molecule has 1 saturated heterocycles. The smallest absolute Gasteiger partial charge is 0.255 e. The molecule has 0 saturated carbocycles. The number of benzene rings is 1. The Morgan fingerprint density at radius 1 is 1.45 bits per heavy atom. The maximum Gasteiger partial charge on any atom is 0.255 e. The number of amides is 1. The third-order valence-corrected chi connectivity index (χ3v) is 4.31. The summed E-state index contributed by atoms with van der Waals surface area (Å²) in [5.41, 5.74) is 6.76. The van der Waals surface area contributed by atoms with Crippen LogP contribution in [0.25, 0.3) is 0 Å². The van der Waals surface area contributed by atoms with Crippen molar-refractivity contribution in [1.82, 2.24) is 9.80 Å². The standard InChI is InChI=1S/C15H22ClN3O/c1-3-11-10-18(2)8-5-9-19(11)15(20)12-6-4-7-13(17)14(12)16/h4,6-7,11H,3,5,8-10,17H2,1-2H3. The largest absolute Gasteiger partial charge is 0.398 e. The van der Waals surface area contributed by atoms with E-state index in [0.29, 0.717) is 16.3 Å². The fourth-order valence-corrected chi connectivity index (χ4v) is 2.94. The fraction of sp³-hybridized carbons (Fsp3) is 0.533. The highest BCUT2D eigenvalue weighted by Crippen LogP contribution is 2.26. The normalized spacial score (nSPS) is 20.8. The number of rotatable bonds is 2. The predicted octanol–water partition coefficient (Wildman–Crippen LogP) is 2.48. The maximum atomic E-state index is 12.8. The van der Waals surface area contributed by atoms with Crippen molar-refractivity contribution < 1.29 is 4.79 Å². The first-order valence-corrected chi connectivity index (χ1v) is 7.46. The Morgan fingerprint density at radius 3 is 2.90 bits per heavy atom. The molecule has 2 rings (SSSR count). The molecular weight excluding hydrogens is 274 g/mol. The van der Waals surface area contributed by atoms with E-state index in [9.17, 15) is 4.79 Å². The maximum absolute atomic E-state index is 12.8. The molecule has 2 N–H and O–H groups in total. The molecule has 0 radical (unpaired) electrons. The average molecular weight is 296 g/mol. The first-order valence-electron chi connectivity index (χ1n) is 7.08. The highest BCUT2D eigenvalue weighted by molar-refractivity contribution is 6.36. The quantitative estimate of drug-likeness (QED) is 0.853. The lowest BCUT2D eigenvalue weighted by Gasteiger charge is -2.30. The van der Waals surface area contributed by atoms with Gasteiger partial charge in [-0.25, -0.2) is 0 Å². The average Bonchev–Trinajstić information content (AvgIpc) is 2.62. The van der Waals surface area contributed by atoms with Gasteiger partial charge in [0.15, 0.2) is 0 Å². The van der Waals surface area contributed by atoms with Crippen molar-refractivity contribution in [3.63, 3.8) is 0 Å². The third kappa shape index (κ3) is 3.07. The molecule has 1 fully saturated rings. The van der Waals surface area contributed by atoms with Gasteiger partial charge in [-0.3, -0.25) is 4.79 Å². The van der Waals surface area contributed by atoms with E-state index in [1.165, 1.54) is 0 Å². The van der Waals surface area contributed by atoms with Gasteiger partial charge in [-0.2, -0.15) is 0 Å². The molecule has 1 unspecified atom stereocenters. The Hall–Kier alpha value is -1.26. The van der Waals surface area contributed by atoms with E-state index in [0.717, 1.165) is 32.5 Å². The number of nitrogens with two attached hydrogens (primary N) is 1. The number of nitrogens with zero attached hydrogens (tertiary/aromatic N) is 2. The predicted molar refractivity (Wildman–Crippen MR) is 83.1 cm³/mol. The summed E-state index contributed by atoms with van der Waals surface area (Å²) >= 11 is 6.18. The van der Waals surface area contributed by atoms with Gasteiger partial charge < -0.3 is 15.5 Å². The van der Waals surface area contributed by atoms with Gasteiger partial charge in [0.2, 0.25) is 0 Å². The number of carbonyl (C=O) groups is 1. The van der Waals surface area contributed by atoms with Crippen molar-refractivity contribution in [2.75, 3.05) is 32.4 Å². The number of anilines is 1. The Kier molecular flexibility index (Phi) is 4.89. The van der Waals surface area contributed by atoms with E-state index in [1.54, 1.807) is 18.2 Å². The van der Waals surface area contributed by atoms with E-state index in [1.807, 2.05) is 4.90 Å². The van der Waals surface area contributed by atoms with Gasteiger partial charge >= 0.3 is 0 Å². The Labute approximate surface area is 125 Å². The molecule has 0 spiro atoms. The van der Waals surface area contributed by atoms with Crippen LogP contribution in [0.3, 0.4) is 0 Å². The van der Waals surface area contributed by atoms with Gasteiger partial charge in [-0.15, -0.1) is 0 Å². The van der Waals surface area contributed by atoms with Gasteiger partial charge in [0.1, 0.15) is 0 Å². The van der Waals surface area contributed by atoms with Crippen molar-refractivity contribution >= 4 is 23.2 Å². The molecule has 1 atom stereocenters. The van der Waals surface area contributed by atoms with E-state index in [-0.39, 0.29) is 11.9 Å². The Bertz CT molecular complexity index is 492. The molecule has 110 valence electrons. The topological polar surface area (TPSA) is 49.6 Å². The first kappa shape index (κ1) is 15.1. The van der Waals surface area contributed by atoms with Crippen LogP contribution in [-0.4, -0.2) is 48.4 Å². The lowest BCUT2D eigenvalue weighted by atomic mass is 10.1. The van der Waals surface area contributed by atoms with Gasteiger partial charge in [-0.1, -0.05) is 24.6 Å². The number of hydrogen-bond acceptors (Lipinski definition) is 3. The van der Waals surface area contributed by atoms with Gasteiger partial charge in [0, 0.05) is 19.1 Å². The summed E-state index contributed by atoms with van der Waals surface area (Å²) in [7, 11) is 2.10. The molecule has 0 aliphatic carbocycles. The van der Waals surface area contributed by atoms with Gasteiger partial charge in [0.05, 0.1) is 16.3 Å². The van der Waals surface area contributed by atoms with Crippen LogP contribution in [0.1, 0.15) is 30.1 Å². The number of hydrogen-bond donors (Lipinski definition) is 1. The van der Waals surface area contributed by atoms with Crippen LogP contribution in [0.5, 0.6) is 0 Å². The van der Waals surface area contributed by atoms with Crippen molar-refractivity contribution in [3.05, 3.63) is 28.8 Å². The van der Waals surface area contributed by atoms with Crippen LogP contribution in [0.15, 0.2) is 18.2 Å². The van der Waals surface area contributed by atoms with E-state index < -0.39 is 0 Å². The second-order valence-corrected chi connectivity index (χ2v) is 5.76. The molecule has 0 bridgehead atoms. The molecule has 1 heterocycles.